The molecule has 3 rings (SSSR count). The fraction of sp³-hybridized carbons (Fsp3) is 0.769. The Morgan fingerprint density at radius 3 is 2.80 bits per heavy atom. The number of ether oxygens (including phenoxy) is 1. The zero-order chi connectivity index (χ0) is 13.1. The van der Waals surface area contributed by atoms with Crippen LogP contribution in [-0.2, 0) is 11.3 Å². The Morgan fingerprint density at radius 1 is 1.30 bits per heavy atom. The minimum atomic E-state index is 0. The van der Waals surface area contributed by atoms with E-state index in [2.05, 4.69) is 14.8 Å². The van der Waals surface area contributed by atoms with Gasteiger partial charge < -0.3 is 10.5 Å². The predicted octanol–water partition coefficient (Wildman–Crippen LogP) is 1.30. The third kappa shape index (κ3) is 4.30. The van der Waals surface area contributed by atoms with Gasteiger partial charge in [0.25, 0.3) is 0 Å². The Morgan fingerprint density at radius 2 is 2.10 bits per heavy atom. The van der Waals surface area contributed by atoms with Gasteiger partial charge in [0.05, 0.1) is 13.2 Å². The lowest BCUT2D eigenvalue weighted by Crippen LogP contribution is -2.39. The van der Waals surface area contributed by atoms with Crippen LogP contribution >= 0.6 is 23.7 Å². The first kappa shape index (κ1) is 16.0. The molecular weight excluding hydrogens is 296 g/mol. The fourth-order valence-corrected chi connectivity index (χ4v) is 3.70. The third-order valence-electron chi connectivity index (χ3n) is 3.94. The number of hydrogen-bond acceptors (Lipinski definition) is 6. The molecule has 2 N–H and O–H groups in total. The van der Waals surface area contributed by atoms with Gasteiger partial charge in [0, 0.05) is 43.8 Å². The summed E-state index contributed by atoms with van der Waals surface area (Å²) in [4.78, 5) is 10.5. The molecule has 1 aromatic rings. The maximum absolute atomic E-state index is 5.67. The Kier molecular flexibility index (Phi) is 6.04. The lowest BCUT2D eigenvalue weighted by atomic mass is 10.1. The van der Waals surface area contributed by atoms with Gasteiger partial charge in [0.1, 0.15) is 0 Å². The van der Waals surface area contributed by atoms with Gasteiger partial charge in [0.15, 0.2) is 5.13 Å². The van der Waals surface area contributed by atoms with Crippen LogP contribution < -0.4 is 5.73 Å². The predicted molar refractivity (Wildman–Crippen MR) is 84.4 cm³/mol. The van der Waals surface area contributed by atoms with Crippen LogP contribution in [0.5, 0.6) is 0 Å². The molecule has 0 bridgehead atoms. The summed E-state index contributed by atoms with van der Waals surface area (Å²) >= 11 is 1.61. The molecule has 20 heavy (non-hydrogen) atoms. The first-order valence-corrected chi connectivity index (χ1v) is 7.84. The van der Waals surface area contributed by atoms with Crippen LogP contribution in [0.1, 0.15) is 11.3 Å². The van der Waals surface area contributed by atoms with Crippen molar-refractivity contribution in [3.63, 3.8) is 0 Å². The molecule has 2 aliphatic rings. The van der Waals surface area contributed by atoms with Crippen molar-refractivity contribution in [2.24, 2.45) is 5.92 Å². The first-order chi connectivity index (χ1) is 9.29. The van der Waals surface area contributed by atoms with Crippen LogP contribution in [0.25, 0.3) is 0 Å². The van der Waals surface area contributed by atoms with Crippen LogP contribution in [0.15, 0.2) is 6.20 Å². The topological polar surface area (TPSA) is 54.6 Å². The number of nitrogen functional groups attached to an aromatic ring is 1. The third-order valence-corrected chi connectivity index (χ3v) is 4.75. The van der Waals surface area contributed by atoms with Gasteiger partial charge in [-0.25, -0.2) is 4.98 Å². The maximum Gasteiger partial charge on any atom is 0.180 e. The largest absolute Gasteiger partial charge is 0.379 e. The van der Waals surface area contributed by atoms with Crippen molar-refractivity contribution in [2.75, 3.05) is 51.7 Å². The van der Waals surface area contributed by atoms with Crippen LogP contribution in [0.3, 0.4) is 0 Å². The van der Waals surface area contributed by atoms with Gasteiger partial charge in [-0.2, -0.15) is 0 Å². The number of aromatic nitrogens is 1. The first-order valence-electron chi connectivity index (χ1n) is 7.02. The van der Waals surface area contributed by atoms with E-state index in [1.54, 1.807) is 11.3 Å². The fourth-order valence-electron chi connectivity index (χ4n) is 2.97. The van der Waals surface area contributed by atoms with Gasteiger partial charge in [-0.05, 0) is 18.9 Å². The molecule has 7 heteroatoms. The number of anilines is 1. The zero-order valence-corrected chi connectivity index (χ0v) is 13.3. The quantitative estimate of drug-likeness (QED) is 0.907. The van der Waals surface area contributed by atoms with E-state index < -0.39 is 0 Å². The molecule has 2 aliphatic heterocycles. The second-order valence-corrected chi connectivity index (χ2v) is 6.61. The lowest BCUT2D eigenvalue weighted by Gasteiger charge is -2.29. The van der Waals surface area contributed by atoms with Crippen molar-refractivity contribution >= 4 is 28.9 Å². The molecule has 1 atom stereocenters. The average molecular weight is 319 g/mol. The molecular formula is C13H23ClN4OS. The van der Waals surface area contributed by atoms with Crippen LogP contribution in [-0.4, -0.2) is 60.7 Å². The summed E-state index contributed by atoms with van der Waals surface area (Å²) in [6.07, 6.45) is 3.22. The lowest BCUT2D eigenvalue weighted by molar-refractivity contribution is 0.0311. The van der Waals surface area contributed by atoms with E-state index in [1.165, 1.54) is 30.9 Å². The Balaban J connectivity index is 0.00000147. The number of likely N-dealkylation sites (tertiary alicyclic amines) is 1. The molecule has 1 unspecified atom stereocenters. The standard InChI is InChI=1S/C13H22N4OS.ClH/c14-13-15-7-12(19-13)10-17-2-1-11(9-17)8-16-3-5-18-6-4-16;/h7,11H,1-6,8-10H2,(H2,14,15);1H. The average Bonchev–Trinajstić information content (AvgIpc) is 3.01. The van der Waals surface area contributed by atoms with E-state index in [4.69, 9.17) is 10.5 Å². The highest BCUT2D eigenvalue weighted by Crippen LogP contribution is 2.23. The molecule has 0 aliphatic carbocycles. The minimum Gasteiger partial charge on any atom is -0.379 e. The van der Waals surface area contributed by atoms with Crippen LogP contribution in [0, 0.1) is 5.92 Å². The van der Waals surface area contributed by atoms with E-state index in [9.17, 15) is 0 Å². The number of nitrogens with zero attached hydrogens (tertiary/aromatic N) is 3. The number of halogens is 1. The van der Waals surface area contributed by atoms with E-state index in [0.29, 0.717) is 5.13 Å². The monoisotopic (exact) mass is 318 g/mol. The van der Waals surface area contributed by atoms with Crippen molar-refractivity contribution < 1.29 is 4.74 Å². The van der Waals surface area contributed by atoms with Gasteiger partial charge in [-0.1, -0.05) is 0 Å². The second-order valence-electron chi connectivity index (χ2n) is 5.47. The molecule has 1 aromatic heterocycles. The number of morpholine rings is 1. The summed E-state index contributed by atoms with van der Waals surface area (Å²) in [6.45, 7) is 8.64. The van der Waals surface area contributed by atoms with E-state index >= 15 is 0 Å². The number of hydrogen-bond donors (Lipinski definition) is 1. The van der Waals surface area contributed by atoms with Gasteiger partial charge in [0.2, 0.25) is 0 Å². The van der Waals surface area contributed by atoms with Crippen molar-refractivity contribution in [1.82, 2.24) is 14.8 Å². The molecule has 0 amide bonds. The van der Waals surface area contributed by atoms with Gasteiger partial charge in [-0.3, -0.25) is 9.80 Å². The van der Waals surface area contributed by atoms with E-state index in [0.717, 1.165) is 38.8 Å². The summed E-state index contributed by atoms with van der Waals surface area (Å²) in [7, 11) is 0. The van der Waals surface area contributed by atoms with Crippen molar-refractivity contribution in [3.05, 3.63) is 11.1 Å². The summed E-state index contributed by atoms with van der Waals surface area (Å²) in [5.74, 6) is 0.809. The zero-order valence-electron chi connectivity index (χ0n) is 11.7. The highest BCUT2D eigenvalue weighted by atomic mass is 35.5. The highest BCUT2D eigenvalue weighted by Gasteiger charge is 2.25. The van der Waals surface area contributed by atoms with Crippen molar-refractivity contribution in [2.45, 2.75) is 13.0 Å². The molecule has 0 saturated carbocycles. The summed E-state index contributed by atoms with van der Waals surface area (Å²) in [5.41, 5.74) is 5.67. The molecule has 0 aromatic carbocycles. The van der Waals surface area contributed by atoms with Gasteiger partial charge >= 0.3 is 0 Å². The normalized spacial score (nSPS) is 24.7. The molecule has 2 saturated heterocycles. The van der Waals surface area contributed by atoms with E-state index in [1.807, 2.05) is 6.20 Å². The number of nitrogens with two attached hydrogens (primary N) is 1. The maximum atomic E-state index is 5.67. The SMILES string of the molecule is Cl.Nc1ncc(CN2CCC(CN3CCOCC3)C2)s1. The second kappa shape index (κ2) is 7.56. The van der Waals surface area contributed by atoms with Crippen LogP contribution in [0.4, 0.5) is 5.13 Å². The molecule has 3 heterocycles. The van der Waals surface area contributed by atoms with Gasteiger partial charge in [-0.15, -0.1) is 23.7 Å². The Labute approximate surface area is 130 Å². The Bertz CT molecular complexity index is 411. The highest BCUT2D eigenvalue weighted by molar-refractivity contribution is 7.15. The van der Waals surface area contributed by atoms with Crippen molar-refractivity contribution in [1.29, 1.82) is 0 Å². The molecule has 2 fully saturated rings. The summed E-state index contributed by atoms with van der Waals surface area (Å²) < 4.78 is 5.40. The number of thiazole rings is 1. The summed E-state index contributed by atoms with van der Waals surface area (Å²) in [6, 6.07) is 0. The molecule has 114 valence electrons. The molecule has 5 nitrogen and oxygen atoms in total. The Hall–Kier alpha value is -0.400. The minimum absolute atomic E-state index is 0. The smallest absolute Gasteiger partial charge is 0.180 e. The van der Waals surface area contributed by atoms with E-state index in [-0.39, 0.29) is 12.4 Å². The molecule has 0 spiro atoms. The van der Waals surface area contributed by atoms with Crippen LogP contribution in [0.2, 0.25) is 0 Å². The summed E-state index contributed by atoms with van der Waals surface area (Å²) in [5, 5.41) is 0.680. The number of rotatable bonds is 4. The molecule has 0 radical (unpaired) electrons. The van der Waals surface area contributed by atoms with Crippen molar-refractivity contribution in [3.8, 4) is 0 Å².